The van der Waals surface area contributed by atoms with Gasteiger partial charge < -0.3 is 0 Å². The molecule has 0 unspecified atom stereocenters. The van der Waals surface area contributed by atoms with E-state index >= 15 is 0 Å². The summed E-state index contributed by atoms with van der Waals surface area (Å²) in [4.78, 5) is 0. The Kier molecular flexibility index (Phi) is 4.59. The van der Waals surface area contributed by atoms with Gasteiger partial charge in [-0.15, -0.1) is 0 Å². The van der Waals surface area contributed by atoms with Gasteiger partial charge in [0.05, 0.1) is 0 Å². The Morgan fingerprint density at radius 3 is 1.92 bits per heavy atom. The fourth-order valence-electron chi connectivity index (χ4n) is 0.801. The van der Waals surface area contributed by atoms with Crippen LogP contribution in [0.1, 0.15) is 5.56 Å². The van der Waals surface area contributed by atoms with E-state index in [9.17, 15) is 0 Å². The molecule has 64 valence electrons. The summed E-state index contributed by atoms with van der Waals surface area (Å²) in [5.74, 6) is 0. The number of hydrogen-bond donors (Lipinski definition) is 0. The first-order valence-electron chi connectivity index (χ1n) is 3.01. The van der Waals surface area contributed by atoms with Crippen molar-refractivity contribution in [2.45, 2.75) is 0 Å². The zero-order valence-electron chi connectivity index (χ0n) is 5.87. The predicted octanol–water partition coefficient (Wildman–Crippen LogP) is 4.71. The van der Waals surface area contributed by atoms with E-state index in [1.165, 1.54) is 3.57 Å². The van der Waals surface area contributed by atoms with Crippen molar-refractivity contribution in [3.8, 4) is 0 Å². The van der Waals surface area contributed by atoms with Gasteiger partial charge in [0.1, 0.15) is 0 Å². The van der Waals surface area contributed by atoms with Crippen LogP contribution in [0.2, 0.25) is 0 Å². The zero-order chi connectivity index (χ0) is 9.30. The standard InChI is InChI=1S/C8H4ClI3/c1-4(9)8-6(11)2-5(10)3-7(8)12/h2-3H,1H2. The quantitative estimate of drug-likeness (QED) is 0.475. The molecule has 0 spiro atoms. The molecule has 12 heavy (non-hydrogen) atoms. The van der Waals surface area contributed by atoms with Crippen molar-refractivity contribution in [1.29, 1.82) is 0 Å². The first-order valence-corrected chi connectivity index (χ1v) is 6.63. The van der Waals surface area contributed by atoms with Gasteiger partial charge in [0.25, 0.3) is 0 Å². The summed E-state index contributed by atoms with van der Waals surface area (Å²) in [7, 11) is 0. The smallest absolute Gasteiger partial charge is 0.0427 e. The van der Waals surface area contributed by atoms with Crippen LogP contribution in [0.3, 0.4) is 0 Å². The Bertz CT molecular complexity index is 310. The minimum absolute atomic E-state index is 0.611. The van der Waals surface area contributed by atoms with Crippen molar-refractivity contribution in [1.82, 2.24) is 0 Å². The fraction of sp³-hybridized carbons (Fsp3) is 0. The second kappa shape index (κ2) is 4.79. The second-order valence-electron chi connectivity index (χ2n) is 2.15. The molecule has 0 amide bonds. The molecule has 4 heteroatoms. The molecule has 0 saturated carbocycles. The van der Waals surface area contributed by atoms with Gasteiger partial charge in [0.2, 0.25) is 0 Å². The second-order valence-corrected chi connectivity index (χ2v) is 6.18. The highest BCUT2D eigenvalue weighted by Crippen LogP contribution is 2.29. The Balaban J connectivity index is 3.38. The van der Waals surface area contributed by atoms with Crippen molar-refractivity contribution in [2.75, 3.05) is 0 Å². The molecule has 0 N–H and O–H groups in total. The first-order chi connectivity index (χ1) is 5.52. The van der Waals surface area contributed by atoms with Crippen molar-refractivity contribution < 1.29 is 0 Å². The molecule has 0 aliphatic rings. The van der Waals surface area contributed by atoms with Crippen molar-refractivity contribution in [3.05, 3.63) is 35.0 Å². The van der Waals surface area contributed by atoms with E-state index in [0.717, 1.165) is 12.7 Å². The van der Waals surface area contributed by atoms with Crippen LogP contribution < -0.4 is 0 Å². The summed E-state index contributed by atoms with van der Waals surface area (Å²) in [6.07, 6.45) is 0. The van der Waals surface area contributed by atoms with Crippen molar-refractivity contribution in [2.24, 2.45) is 0 Å². The van der Waals surface area contributed by atoms with Gasteiger partial charge in [0.15, 0.2) is 0 Å². The topological polar surface area (TPSA) is 0 Å². The summed E-state index contributed by atoms with van der Waals surface area (Å²) in [5.41, 5.74) is 1.05. The van der Waals surface area contributed by atoms with Crippen LogP contribution in [0.25, 0.3) is 5.03 Å². The summed E-state index contributed by atoms with van der Waals surface area (Å²) in [6, 6.07) is 4.18. The molecule has 0 aromatic heterocycles. The lowest BCUT2D eigenvalue weighted by Gasteiger charge is -2.05. The van der Waals surface area contributed by atoms with Gasteiger partial charge in [-0.25, -0.2) is 0 Å². The van der Waals surface area contributed by atoms with Gasteiger partial charge in [-0.2, -0.15) is 0 Å². The highest BCUT2D eigenvalue weighted by molar-refractivity contribution is 14.1. The summed E-state index contributed by atoms with van der Waals surface area (Å²) in [6.45, 7) is 3.73. The lowest BCUT2D eigenvalue weighted by molar-refractivity contribution is 1.50. The fourth-order valence-corrected chi connectivity index (χ4v) is 5.56. The maximum absolute atomic E-state index is 5.86. The van der Waals surface area contributed by atoms with Crippen molar-refractivity contribution in [3.63, 3.8) is 0 Å². The molecule has 0 aliphatic carbocycles. The lowest BCUT2D eigenvalue weighted by Crippen LogP contribution is -1.89. The molecule has 0 radical (unpaired) electrons. The van der Waals surface area contributed by atoms with E-state index in [1.54, 1.807) is 0 Å². The average molecular weight is 516 g/mol. The molecule has 0 aliphatic heterocycles. The maximum Gasteiger partial charge on any atom is 0.0427 e. The summed E-state index contributed by atoms with van der Waals surface area (Å²) < 4.78 is 3.54. The largest absolute Gasteiger partial charge is 0.0843 e. The molecule has 0 nitrogen and oxygen atoms in total. The molecule has 0 atom stereocenters. The Morgan fingerprint density at radius 1 is 1.17 bits per heavy atom. The molecule has 1 aromatic rings. The monoisotopic (exact) mass is 516 g/mol. The number of rotatable bonds is 1. The Morgan fingerprint density at radius 2 is 1.58 bits per heavy atom. The van der Waals surface area contributed by atoms with Gasteiger partial charge >= 0.3 is 0 Å². The molecular weight excluding hydrogens is 512 g/mol. The first kappa shape index (κ1) is 11.5. The number of halogens is 4. The van der Waals surface area contributed by atoms with Crippen LogP contribution in [0.4, 0.5) is 0 Å². The average Bonchev–Trinajstić information content (AvgIpc) is 1.82. The van der Waals surface area contributed by atoms with Crippen LogP contribution in [-0.2, 0) is 0 Å². The number of hydrogen-bond acceptors (Lipinski definition) is 0. The van der Waals surface area contributed by atoms with Crippen LogP contribution >= 0.6 is 79.4 Å². The lowest BCUT2D eigenvalue weighted by atomic mass is 10.2. The highest BCUT2D eigenvalue weighted by atomic mass is 127. The Labute approximate surface area is 118 Å². The predicted molar refractivity (Wildman–Crippen MR) is 79.5 cm³/mol. The van der Waals surface area contributed by atoms with Crippen LogP contribution in [0.5, 0.6) is 0 Å². The van der Waals surface area contributed by atoms with E-state index in [1.807, 2.05) is 0 Å². The van der Waals surface area contributed by atoms with Gasteiger partial charge in [0, 0.05) is 21.3 Å². The third-order valence-electron chi connectivity index (χ3n) is 1.28. The molecular formula is C8H4ClI3. The third kappa shape index (κ3) is 2.71. The highest BCUT2D eigenvalue weighted by Gasteiger charge is 2.07. The molecule has 0 bridgehead atoms. The van der Waals surface area contributed by atoms with Crippen LogP contribution in [0.15, 0.2) is 18.7 Å². The third-order valence-corrected chi connectivity index (χ3v) is 3.79. The molecule has 1 rings (SSSR count). The normalized spacial score (nSPS) is 10.0. The van der Waals surface area contributed by atoms with Gasteiger partial charge in [-0.05, 0) is 79.9 Å². The molecule has 0 heterocycles. The van der Waals surface area contributed by atoms with Crippen molar-refractivity contribution >= 4 is 84.4 Å². The summed E-state index contributed by atoms with van der Waals surface area (Å²) in [5, 5.41) is 0.611. The van der Waals surface area contributed by atoms with Gasteiger partial charge in [-0.3, -0.25) is 0 Å². The summed E-state index contributed by atoms with van der Waals surface area (Å²) >= 11 is 12.7. The molecule has 0 saturated heterocycles. The number of benzene rings is 1. The molecule has 1 aromatic carbocycles. The van der Waals surface area contributed by atoms with Crippen LogP contribution in [-0.4, -0.2) is 0 Å². The molecule has 0 fully saturated rings. The SMILES string of the molecule is C=C(Cl)c1c(I)cc(I)cc1I. The van der Waals surface area contributed by atoms with E-state index in [2.05, 4.69) is 86.5 Å². The maximum atomic E-state index is 5.86. The van der Waals surface area contributed by atoms with E-state index in [-0.39, 0.29) is 0 Å². The van der Waals surface area contributed by atoms with E-state index in [0.29, 0.717) is 5.03 Å². The zero-order valence-corrected chi connectivity index (χ0v) is 13.1. The van der Waals surface area contributed by atoms with Gasteiger partial charge in [-0.1, -0.05) is 18.2 Å². The van der Waals surface area contributed by atoms with E-state index < -0.39 is 0 Å². The van der Waals surface area contributed by atoms with Crippen LogP contribution in [0, 0.1) is 10.7 Å². The Hall–Kier alpha value is 1.44. The minimum atomic E-state index is 0.611. The minimum Gasteiger partial charge on any atom is -0.0843 e. The van der Waals surface area contributed by atoms with E-state index in [4.69, 9.17) is 11.6 Å².